The van der Waals surface area contributed by atoms with Crippen LogP contribution in [0.3, 0.4) is 0 Å². The molecule has 0 spiro atoms. The van der Waals surface area contributed by atoms with Crippen molar-refractivity contribution in [2.75, 3.05) is 37.3 Å². The second-order valence-corrected chi connectivity index (χ2v) is 9.64. The highest BCUT2D eigenvalue weighted by Gasteiger charge is 2.43. The van der Waals surface area contributed by atoms with Gasteiger partial charge in [-0.3, -0.25) is 0 Å². The van der Waals surface area contributed by atoms with Crippen molar-refractivity contribution in [1.82, 2.24) is 4.90 Å². The summed E-state index contributed by atoms with van der Waals surface area (Å²) >= 11 is 14.7. The minimum Gasteiger partial charge on any atom is -0.367 e. The van der Waals surface area contributed by atoms with E-state index in [0.29, 0.717) is 17.0 Å². The Bertz CT molecular complexity index is 869. The minimum absolute atomic E-state index is 0.604. The molecule has 0 bridgehead atoms. The lowest BCUT2D eigenvalue weighted by atomic mass is 9.88. The first-order valence-corrected chi connectivity index (χ1v) is 11.1. The molecule has 1 fully saturated rings. The third-order valence-corrected chi connectivity index (χ3v) is 7.68. The lowest BCUT2D eigenvalue weighted by Gasteiger charge is -2.37. The summed E-state index contributed by atoms with van der Waals surface area (Å²) in [6, 6.07) is 11.2. The highest BCUT2D eigenvalue weighted by Crippen LogP contribution is 2.52. The molecule has 3 aliphatic heterocycles. The van der Waals surface area contributed by atoms with Crippen molar-refractivity contribution in [2.45, 2.75) is 29.7 Å². The Hall–Kier alpha value is -0.870. The smallest absolute Gasteiger partial charge is 0.0544 e. The van der Waals surface area contributed by atoms with Gasteiger partial charge in [0.15, 0.2) is 0 Å². The van der Waals surface area contributed by atoms with Crippen LogP contribution in [0.15, 0.2) is 35.2 Å². The van der Waals surface area contributed by atoms with Crippen molar-refractivity contribution < 1.29 is 0 Å². The molecule has 0 radical (unpaired) electrons. The van der Waals surface area contributed by atoms with E-state index in [0.717, 1.165) is 17.1 Å². The van der Waals surface area contributed by atoms with Crippen molar-refractivity contribution >= 4 is 40.7 Å². The average molecular weight is 405 g/mol. The van der Waals surface area contributed by atoms with Crippen molar-refractivity contribution in [3.8, 4) is 11.1 Å². The number of anilines is 1. The van der Waals surface area contributed by atoms with E-state index in [1.807, 2.05) is 23.9 Å². The van der Waals surface area contributed by atoms with E-state index in [4.69, 9.17) is 23.2 Å². The Morgan fingerprint density at radius 2 is 2.00 bits per heavy atom. The number of hydrogen-bond acceptors (Lipinski definition) is 3. The summed E-state index contributed by atoms with van der Waals surface area (Å²) in [5, 5.41) is 1.42. The number of nitrogens with zero attached hydrogens (tertiary/aromatic N) is 2. The minimum atomic E-state index is 0.604. The van der Waals surface area contributed by atoms with Gasteiger partial charge in [0, 0.05) is 45.6 Å². The first-order chi connectivity index (χ1) is 12.6. The first-order valence-electron chi connectivity index (χ1n) is 9.33. The van der Waals surface area contributed by atoms with Crippen LogP contribution < -0.4 is 4.90 Å². The highest BCUT2D eigenvalue weighted by molar-refractivity contribution is 7.99. The number of hydrogen-bond donors (Lipinski definition) is 0. The molecule has 5 heteroatoms. The average Bonchev–Trinajstić information content (AvgIpc) is 2.77. The van der Waals surface area contributed by atoms with Crippen LogP contribution >= 0.6 is 35.0 Å². The van der Waals surface area contributed by atoms with Crippen LogP contribution in [0.5, 0.6) is 0 Å². The maximum Gasteiger partial charge on any atom is 0.0544 e. The summed E-state index contributed by atoms with van der Waals surface area (Å²) < 4.78 is 0. The van der Waals surface area contributed by atoms with Gasteiger partial charge in [0.1, 0.15) is 0 Å². The molecular formula is C21H22Cl2N2S. The van der Waals surface area contributed by atoms with Crippen molar-refractivity contribution in [2.24, 2.45) is 0 Å². The van der Waals surface area contributed by atoms with Gasteiger partial charge in [-0.1, -0.05) is 29.3 Å². The standard InChI is InChI=1S/C21H22Cl2N2S/c1-24-7-5-19-17(12-24)16-9-13(15-4-3-14(22)11-18(15)23)10-20-21(16)25(19)6-2-8-26-20/h3-4,9-11,17,19H,2,5-8,12H2,1H3/t17-,19-/m1/s1. The Morgan fingerprint density at radius 1 is 1.12 bits per heavy atom. The molecule has 2 aromatic carbocycles. The zero-order chi connectivity index (χ0) is 17.8. The zero-order valence-electron chi connectivity index (χ0n) is 14.8. The third-order valence-electron chi connectivity index (χ3n) is 6.01. The zero-order valence-corrected chi connectivity index (χ0v) is 17.2. The van der Waals surface area contributed by atoms with Crippen LogP contribution in [0.2, 0.25) is 10.0 Å². The van der Waals surface area contributed by atoms with Crippen LogP contribution in [0.25, 0.3) is 11.1 Å². The van der Waals surface area contributed by atoms with E-state index in [2.05, 4.69) is 35.0 Å². The largest absolute Gasteiger partial charge is 0.367 e. The van der Waals surface area contributed by atoms with E-state index in [-0.39, 0.29) is 0 Å². The van der Waals surface area contributed by atoms with E-state index in [1.54, 1.807) is 0 Å². The molecule has 0 N–H and O–H groups in total. The second-order valence-electron chi connectivity index (χ2n) is 7.66. The molecule has 1 saturated heterocycles. The van der Waals surface area contributed by atoms with E-state index in [9.17, 15) is 0 Å². The number of piperidine rings is 1. The fourth-order valence-corrected chi connectivity index (χ4v) is 6.44. The summed E-state index contributed by atoms with van der Waals surface area (Å²) in [5.74, 6) is 1.80. The van der Waals surface area contributed by atoms with Crippen molar-refractivity contribution in [1.29, 1.82) is 0 Å². The Balaban J connectivity index is 1.68. The van der Waals surface area contributed by atoms with Gasteiger partial charge in [0.05, 0.1) is 5.69 Å². The molecule has 0 aliphatic carbocycles. The predicted molar refractivity (Wildman–Crippen MR) is 113 cm³/mol. The molecule has 2 aromatic rings. The number of halogens is 2. The molecule has 2 nitrogen and oxygen atoms in total. The van der Waals surface area contributed by atoms with Gasteiger partial charge in [-0.25, -0.2) is 0 Å². The molecule has 2 atom stereocenters. The normalized spacial score (nSPS) is 25.0. The second kappa shape index (κ2) is 6.63. The van der Waals surface area contributed by atoms with Gasteiger partial charge in [-0.15, -0.1) is 11.8 Å². The van der Waals surface area contributed by atoms with E-state index < -0.39 is 0 Å². The first kappa shape index (κ1) is 17.2. The maximum absolute atomic E-state index is 6.54. The van der Waals surface area contributed by atoms with Gasteiger partial charge in [0.2, 0.25) is 0 Å². The number of benzene rings is 2. The Labute approximate surface area is 169 Å². The molecular weight excluding hydrogens is 383 g/mol. The fraction of sp³-hybridized carbons (Fsp3) is 0.429. The summed E-state index contributed by atoms with van der Waals surface area (Å²) in [5.41, 5.74) is 5.34. The molecule has 0 unspecified atom stereocenters. The van der Waals surface area contributed by atoms with Crippen LogP contribution in [-0.2, 0) is 0 Å². The van der Waals surface area contributed by atoms with Gasteiger partial charge < -0.3 is 9.80 Å². The number of thioether (sulfide) groups is 1. The summed E-state index contributed by atoms with van der Waals surface area (Å²) in [6.45, 7) is 3.54. The Kier molecular flexibility index (Phi) is 4.40. The van der Waals surface area contributed by atoms with E-state index >= 15 is 0 Å². The summed E-state index contributed by atoms with van der Waals surface area (Å²) in [6.07, 6.45) is 2.52. The molecule has 136 valence electrons. The summed E-state index contributed by atoms with van der Waals surface area (Å²) in [7, 11) is 2.25. The molecule has 0 saturated carbocycles. The molecule has 0 aromatic heterocycles. The van der Waals surface area contributed by atoms with Gasteiger partial charge >= 0.3 is 0 Å². The number of fused-ring (bicyclic) bond motifs is 3. The molecule has 3 heterocycles. The maximum atomic E-state index is 6.54. The monoisotopic (exact) mass is 404 g/mol. The lowest BCUT2D eigenvalue weighted by molar-refractivity contribution is 0.231. The van der Waals surface area contributed by atoms with Gasteiger partial charge in [-0.05, 0) is 67.6 Å². The fourth-order valence-electron chi connectivity index (χ4n) is 4.85. The van der Waals surface area contributed by atoms with Crippen LogP contribution in [0, 0.1) is 0 Å². The van der Waals surface area contributed by atoms with Gasteiger partial charge in [0.25, 0.3) is 0 Å². The van der Waals surface area contributed by atoms with Gasteiger partial charge in [-0.2, -0.15) is 0 Å². The van der Waals surface area contributed by atoms with Crippen molar-refractivity contribution in [3.05, 3.63) is 45.9 Å². The SMILES string of the molecule is CN1CC[C@@H]2[C@H](C1)c1cc(-c3ccc(Cl)cc3Cl)cc3c1N2CCCS3. The predicted octanol–water partition coefficient (Wildman–Crippen LogP) is 5.76. The Morgan fingerprint density at radius 3 is 2.85 bits per heavy atom. The third kappa shape index (κ3) is 2.75. The van der Waals surface area contributed by atoms with Crippen LogP contribution in [0.1, 0.15) is 24.3 Å². The topological polar surface area (TPSA) is 6.48 Å². The summed E-state index contributed by atoms with van der Waals surface area (Å²) in [4.78, 5) is 6.63. The van der Waals surface area contributed by atoms with Crippen LogP contribution in [0.4, 0.5) is 5.69 Å². The molecule has 5 rings (SSSR count). The molecule has 26 heavy (non-hydrogen) atoms. The van der Waals surface area contributed by atoms with Crippen LogP contribution in [-0.4, -0.2) is 43.4 Å². The number of likely N-dealkylation sites (tertiary alicyclic amines) is 1. The highest BCUT2D eigenvalue weighted by atomic mass is 35.5. The number of likely N-dealkylation sites (N-methyl/N-ethyl adjacent to an activating group) is 1. The molecule has 0 amide bonds. The quantitative estimate of drug-likeness (QED) is 0.595. The van der Waals surface area contributed by atoms with Crippen molar-refractivity contribution in [3.63, 3.8) is 0 Å². The lowest BCUT2D eigenvalue weighted by Crippen LogP contribution is -2.45. The molecule has 3 aliphatic rings. The number of rotatable bonds is 1. The van der Waals surface area contributed by atoms with E-state index in [1.165, 1.54) is 53.4 Å².